The Morgan fingerprint density at radius 1 is 1.42 bits per heavy atom. The monoisotopic (exact) mass is 282 g/mol. The van der Waals surface area contributed by atoms with Crippen LogP contribution in [0.25, 0.3) is 0 Å². The quantitative estimate of drug-likeness (QED) is 0.621. The molecule has 0 radical (unpaired) electrons. The van der Waals surface area contributed by atoms with Crippen LogP contribution in [0.1, 0.15) is 5.82 Å². The number of aromatic nitrogens is 2. The molecule has 2 N–H and O–H groups in total. The van der Waals surface area contributed by atoms with Crippen molar-refractivity contribution < 1.29 is 13.3 Å². The predicted octanol–water partition coefficient (Wildman–Crippen LogP) is 0.796. The smallest absolute Gasteiger partial charge is 0.270 e. The van der Waals surface area contributed by atoms with Gasteiger partial charge in [-0.25, -0.2) is 18.1 Å². The molecule has 0 atom stereocenters. The summed E-state index contributed by atoms with van der Waals surface area (Å²) in [7, 11) is -3.81. The predicted molar refractivity (Wildman–Crippen MR) is 65.7 cm³/mol. The molecule has 0 aliphatic heterocycles. The van der Waals surface area contributed by atoms with Gasteiger partial charge in [-0.3, -0.25) is 10.1 Å². The van der Waals surface area contributed by atoms with E-state index >= 15 is 0 Å². The Morgan fingerprint density at radius 3 is 2.84 bits per heavy atom. The average molecular weight is 282 g/mol. The normalized spacial score (nSPS) is 11.4. The van der Waals surface area contributed by atoms with E-state index in [0.29, 0.717) is 5.82 Å². The average Bonchev–Trinajstić information content (AvgIpc) is 2.90. The molecule has 0 aliphatic rings. The van der Waals surface area contributed by atoms with E-state index in [1.54, 1.807) is 6.20 Å². The number of rotatable bonds is 5. The lowest BCUT2D eigenvalue weighted by atomic mass is 10.3. The molecule has 9 heteroatoms. The second-order valence-corrected chi connectivity index (χ2v) is 5.38. The van der Waals surface area contributed by atoms with Gasteiger partial charge < -0.3 is 4.98 Å². The Hall–Kier alpha value is -2.26. The maximum atomic E-state index is 11.9. The van der Waals surface area contributed by atoms with Gasteiger partial charge >= 0.3 is 0 Å². The molecule has 0 unspecified atom stereocenters. The first-order valence-corrected chi connectivity index (χ1v) is 6.70. The summed E-state index contributed by atoms with van der Waals surface area (Å²) in [6, 6.07) is 4.84. The van der Waals surface area contributed by atoms with Crippen molar-refractivity contribution in [1.29, 1.82) is 0 Å². The van der Waals surface area contributed by atoms with E-state index in [-0.39, 0.29) is 17.1 Å². The zero-order valence-electron chi connectivity index (χ0n) is 9.61. The maximum absolute atomic E-state index is 11.9. The van der Waals surface area contributed by atoms with Gasteiger partial charge in [0, 0.05) is 24.5 Å². The van der Waals surface area contributed by atoms with E-state index in [9.17, 15) is 18.5 Å². The number of nitro groups is 1. The van der Waals surface area contributed by atoms with Gasteiger partial charge in [-0.2, -0.15) is 0 Å². The summed E-state index contributed by atoms with van der Waals surface area (Å²) in [6.45, 7) is -0.0158. The van der Waals surface area contributed by atoms with E-state index in [1.807, 2.05) is 0 Å². The molecule has 19 heavy (non-hydrogen) atoms. The molecule has 0 saturated carbocycles. The second-order valence-electron chi connectivity index (χ2n) is 3.61. The van der Waals surface area contributed by atoms with Crippen LogP contribution in [0.3, 0.4) is 0 Å². The summed E-state index contributed by atoms with van der Waals surface area (Å²) in [5.41, 5.74) is -0.277. The number of sulfonamides is 1. The Bertz CT molecular complexity index is 681. The highest BCUT2D eigenvalue weighted by molar-refractivity contribution is 7.89. The van der Waals surface area contributed by atoms with Crippen LogP contribution in [0, 0.1) is 10.1 Å². The van der Waals surface area contributed by atoms with Crippen LogP contribution in [0.15, 0.2) is 41.6 Å². The standard InChI is InChI=1S/C10H10N4O4S/c15-14(16)8-2-1-3-9(6-8)19(17,18)13-7-10-11-4-5-12-10/h1-6,13H,7H2,(H,11,12). The minimum Gasteiger partial charge on any atom is -0.347 e. The minimum atomic E-state index is -3.81. The molecular weight excluding hydrogens is 272 g/mol. The fourth-order valence-electron chi connectivity index (χ4n) is 1.41. The lowest BCUT2D eigenvalue weighted by Crippen LogP contribution is -2.23. The maximum Gasteiger partial charge on any atom is 0.270 e. The summed E-state index contributed by atoms with van der Waals surface area (Å²) < 4.78 is 26.2. The third-order valence-corrected chi connectivity index (χ3v) is 3.72. The van der Waals surface area contributed by atoms with Crippen molar-refractivity contribution in [3.05, 3.63) is 52.6 Å². The molecule has 0 spiro atoms. The molecule has 1 heterocycles. The van der Waals surface area contributed by atoms with Gasteiger partial charge in [0.15, 0.2) is 0 Å². The number of H-pyrrole nitrogens is 1. The highest BCUT2D eigenvalue weighted by Crippen LogP contribution is 2.17. The van der Waals surface area contributed by atoms with Gasteiger partial charge in [-0.05, 0) is 6.07 Å². The van der Waals surface area contributed by atoms with Gasteiger partial charge in [-0.15, -0.1) is 0 Å². The molecule has 100 valence electrons. The lowest BCUT2D eigenvalue weighted by molar-refractivity contribution is -0.385. The van der Waals surface area contributed by atoms with Crippen LogP contribution in [0.5, 0.6) is 0 Å². The number of aromatic amines is 1. The van der Waals surface area contributed by atoms with Crippen LogP contribution < -0.4 is 4.72 Å². The van der Waals surface area contributed by atoms with E-state index < -0.39 is 14.9 Å². The number of nitro benzene ring substituents is 1. The van der Waals surface area contributed by atoms with E-state index in [4.69, 9.17) is 0 Å². The fraction of sp³-hybridized carbons (Fsp3) is 0.100. The van der Waals surface area contributed by atoms with Crippen molar-refractivity contribution in [2.24, 2.45) is 0 Å². The van der Waals surface area contributed by atoms with Crippen molar-refractivity contribution in [1.82, 2.24) is 14.7 Å². The van der Waals surface area contributed by atoms with Crippen molar-refractivity contribution in [2.45, 2.75) is 11.4 Å². The van der Waals surface area contributed by atoms with Crippen molar-refractivity contribution >= 4 is 15.7 Å². The van der Waals surface area contributed by atoms with Crippen LogP contribution in [-0.4, -0.2) is 23.3 Å². The van der Waals surface area contributed by atoms with Crippen LogP contribution in [0.4, 0.5) is 5.69 Å². The molecule has 0 amide bonds. The second kappa shape index (κ2) is 5.16. The minimum absolute atomic E-state index is 0.0158. The Morgan fingerprint density at radius 2 is 2.21 bits per heavy atom. The van der Waals surface area contributed by atoms with E-state index in [0.717, 1.165) is 6.07 Å². The number of non-ortho nitro benzene ring substituents is 1. The number of hydrogen-bond donors (Lipinski definition) is 2. The third-order valence-electron chi connectivity index (χ3n) is 2.32. The Labute approximate surface area is 108 Å². The van der Waals surface area contributed by atoms with Crippen LogP contribution in [0.2, 0.25) is 0 Å². The van der Waals surface area contributed by atoms with Gasteiger partial charge in [-0.1, -0.05) is 6.07 Å². The number of nitrogens with one attached hydrogen (secondary N) is 2. The lowest BCUT2D eigenvalue weighted by Gasteiger charge is -2.05. The number of hydrogen-bond acceptors (Lipinski definition) is 5. The molecule has 8 nitrogen and oxygen atoms in total. The van der Waals surface area contributed by atoms with Gasteiger partial charge in [0.05, 0.1) is 16.4 Å². The third kappa shape index (κ3) is 3.14. The molecule has 0 fully saturated rings. The number of benzene rings is 1. The van der Waals surface area contributed by atoms with Crippen LogP contribution >= 0.6 is 0 Å². The molecule has 1 aromatic heterocycles. The largest absolute Gasteiger partial charge is 0.347 e. The fourth-order valence-corrected chi connectivity index (χ4v) is 2.43. The molecule has 2 aromatic rings. The van der Waals surface area contributed by atoms with Crippen LogP contribution in [-0.2, 0) is 16.6 Å². The summed E-state index contributed by atoms with van der Waals surface area (Å²) in [5, 5.41) is 10.6. The summed E-state index contributed by atoms with van der Waals surface area (Å²) in [4.78, 5) is 16.4. The first-order valence-electron chi connectivity index (χ1n) is 5.21. The topological polar surface area (TPSA) is 118 Å². The molecule has 0 saturated heterocycles. The Balaban J connectivity index is 2.19. The SMILES string of the molecule is O=[N+]([O-])c1cccc(S(=O)(=O)NCc2ncc[nH]2)c1. The molecule has 1 aromatic carbocycles. The van der Waals surface area contributed by atoms with E-state index in [1.165, 1.54) is 24.4 Å². The first kappa shape index (κ1) is 13.2. The zero-order chi connectivity index (χ0) is 13.9. The Kier molecular flexibility index (Phi) is 3.58. The molecule has 2 rings (SSSR count). The van der Waals surface area contributed by atoms with Gasteiger partial charge in [0.2, 0.25) is 10.0 Å². The van der Waals surface area contributed by atoms with Crippen molar-refractivity contribution in [2.75, 3.05) is 0 Å². The number of imidazole rings is 1. The summed E-state index contributed by atoms with van der Waals surface area (Å²) in [5.74, 6) is 0.453. The molecule has 0 bridgehead atoms. The number of nitrogens with zero attached hydrogens (tertiary/aromatic N) is 2. The van der Waals surface area contributed by atoms with E-state index in [2.05, 4.69) is 14.7 Å². The van der Waals surface area contributed by atoms with Gasteiger partial charge in [0.25, 0.3) is 5.69 Å². The van der Waals surface area contributed by atoms with Crippen molar-refractivity contribution in [3.8, 4) is 0 Å². The first-order chi connectivity index (χ1) is 8.99. The summed E-state index contributed by atoms with van der Waals surface area (Å²) >= 11 is 0. The molecular formula is C10H10N4O4S. The zero-order valence-corrected chi connectivity index (χ0v) is 10.4. The van der Waals surface area contributed by atoms with Gasteiger partial charge in [0.1, 0.15) is 5.82 Å². The highest BCUT2D eigenvalue weighted by atomic mass is 32.2. The highest BCUT2D eigenvalue weighted by Gasteiger charge is 2.17. The molecule has 0 aliphatic carbocycles. The van der Waals surface area contributed by atoms with Crippen molar-refractivity contribution in [3.63, 3.8) is 0 Å². The summed E-state index contributed by atoms with van der Waals surface area (Å²) in [6.07, 6.45) is 3.06.